The minimum atomic E-state index is 0.709. The first-order valence-corrected chi connectivity index (χ1v) is 10.2. The highest BCUT2D eigenvalue weighted by atomic mass is 32.1. The Kier molecular flexibility index (Phi) is 6.34. The Bertz CT molecular complexity index is 411. The lowest BCUT2D eigenvalue weighted by Gasteiger charge is -2.38. The van der Waals surface area contributed by atoms with Crippen molar-refractivity contribution in [1.82, 2.24) is 10.2 Å². The van der Waals surface area contributed by atoms with Gasteiger partial charge in [-0.05, 0) is 62.1 Å². The zero-order chi connectivity index (χ0) is 15.2. The van der Waals surface area contributed by atoms with Crippen molar-refractivity contribution in [3.63, 3.8) is 0 Å². The SMILES string of the molecule is CCN1CC(Cc2cccs2)CC(NCC2CCCCC2)C1. The number of piperidine rings is 1. The zero-order valence-corrected chi connectivity index (χ0v) is 14.9. The second-order valence-corrected chi connectivity index (χ2v) is 8.38. The van der Waals surface area contributed by atoms with Crippen molar-refractivity contribution in [3.05, 3.63) is 22.4 Å². The Morgan fingerprint density at radius 2 is 2.05 bits per heavy atom. The molecule has 1 aromatic heterocycles. The van der Waals surface area contributed by atoms with Crippen LogP contribution in [0.3, 0.4) is 0 Å². The van der Waals surface area contributed by atoms with Crippen LogP contribution in [0, 0.1) is 11.8 Å². The maximum absolute atomic E-state index is 3.93. The van der Waals surface area contributed by atoms with E-state index in [2.05, 4.69) is 34.7 Å². The summed E-state index contributed by atoms with van der Waals surface area (Å²) in [6, 6.07) is 5.21. The summed E-state index contributed by atoms with van der Waals surface area (Å²) in [5, 5.41) is 6.14. The van der Waals surface area contributed by atoms with Crippen molar-refractivity contribution >= 4 is 11.3 Å². The number of rotatable bonds is 6. The second-order valence-electron chi connectivity index (χ2n) is 7.35. The van der Waals surface area contributed by atoms with Crippen LogP contribution < -0.4 is 5.32 Å². The fraction of sp³-hybridized carbons (Fsp3) is 0.789. The quantitative estimate of drug-likeness (QED) is 0.846. The molecule has 1 aliphatic heterocycles. The lowest BCUT2D eigenvalue weighted by molar-refractivity contribution is 0.142. The highest BCUT2D eigenvalue weighted by molar-refractivity contribution is 7.09. The molecule has 0 aromatic carbocycles. The third-order valence-electron chi connectivity index (χ3n) is 5.55. The van der Waals surface area contributed by atoms with E-state index in [1.807, 2.05) is 11.3 Å². The molecule has 22 heavy (non-hydrogen) atoms. The summed E-state index contributed by atoms with van der Waals surface area (Å²) in [6.45, 7) is 7.31. The van der Waals surface area contributed by atoms with Crippen molar-refractivity contribution in [3.8, 4) is 0 Å². The summed E-state index contributed by atoms with van der Waals surface area (Å²) in [5.74, 6) is 1.78. The molecule has 1 N–H and O–H groups in total. The van der Waals surface area contributed by atoms with Gasteiger partial charge in [0.2, 0.25) is 0 Å². The van der Waals surface area contributed by atoms with Crippen molar-refractivity contribution in [1.29, 1.82) is 0 Å². The summed E-state index contributed by atoms with van der Waals surface area (Å²) in [6.07, 6.45) is 9.92. The van der Waals surface area contributed by atoms with Crippen LogP contribution in [0.15, 0.2) is 17.5 Å². The lowest BCUT2D eigenvalue weighted by atomic mass is 9.87. The van der Waals surface area contributed by atoms with E-state index in [4.69, 9.17) is 0 Å². The van der Waals surface area contributed by atoms with Gasteiger partial charge >= 0.3 is 0 Å². The second kappa shape index (κ2) is 8.47. The van der Waals surface area contributed by atoms with E-state index in [9.17, 15) is 0 Å². The molecule has 0 amide bonds. The third-order valence-corrected chi connectivity index (χ3v) is 6.45. The molecule has 1 saturated heterocycles. The molecule has 3 rings (SSSR count). The van der Waals surface area contributed by atoms with E-state index in [1.54, 1.807) is 4.88 Å². The van der Waals surface area contributed by atoms with Gasteiger partial charge in [0.15, 0.2) is 0 Å². The first-order chi connectivity index (χ1) is 10.8. The molecule has 3 heteroatoms. The number of hydrogen-bond donors (Lipinski definition) is 1. The Labute approximate surface area is 140 Å². The predicted octanol–water partition coefficient (Wildman–Crippen LogP) is 4.17. The molecule has 0 radical (unpaired) electrons. The number of thiophene rings is 1. The van der Waals surface area contributed by atoms with Gasteiger partial charge in [0, 0.05) is 24.0 Å². The molecule has 2 unspecified atom stereocenters. The number of likely N-dealkylation sites (N-methyl/N-ethyl adjacent to an activating group) is 1. The average Bonchev–Trinajstić information content (AvgIpc) is 3.06. The highest BCUT2D eigenvalue weighted by Crippen LogP contribution is 2.25. The molecule has 2 heterocycles. The molecule has 2 aliphatic rings. The smallest absolute Gasteiger partial charge is 0.0198 e. The van der Waals surface area contributed by atoms with Crippen molar-refractivity contribution < 1.29 is 0 Å². The maximum Gasteiger partial charge on any atom is 0.0198 e. The van der Waals surface area contributed by atoms with Crippen LogP contribution in [0.1, 0.15) is 50.3 Å². The predicted molar refractivity (Wildman–Crippen MR) is 96.6 cm³/mol. The maximum atomic E-state index is 3.93. The van der Waals surface area contributed by atoms with Gasteiger partial charge in [0.25, 0.3) is 0 Å². The molecule has 1 saturated carbocycles. The minimum absolute atomic E-state index is 0.709. The molecule has 2 nitrogen and oxygen atoms in total. The third kappa shape index (κ3) is 4.81. The number of hydrogen-bond acceptors (Lipinski definition) is 3. The Balaban J connectivity index is 1.49. The Morgan fingerprint density at radius 1 is 1.18 bits per heavy atom. The van der Waals surface area contributed by atoms with Gasteiger partial charge in [-0.3, -0.25) is 0 Å². The van der Waals surface area contributed by atoms with E-state index in [0.717, 1.165) is 11.8 Å². The largest absolute Gasteiger partial charge is 0.312 e. The Morgan fingerprint density at radius 3 is 2.77 bits per heavy atom. The van der Waals surface area contributed by atoms with Gasteiger partial charge in [-0.2, -0.15) is 0 Å². The molecule has 0 spiro atoms. The Hall–Kier alpha value is -0.380. The van der Waals surface area contributed by atoms with Crippen LogP contribution in [-0.2, 0) is 6.42 Å². The monoisotopic (exact) mass is 320 g/mol. The van der Waals surface area contributed by atoms with Crippen LogP contribution in [-0.4, -0.2) is 37.1 Å². The van der Waals surface area contributed by atoms with E-state index in [0.29, 0.717) is 6.04 Å². The average molecular weight is 321 g/mol. The summed E-state index contributed by atoms with van der Waals surface area (Å²) in [7, 11) is 0. The minimum Gasteiger partial charge on any atom is -0.312 e. The molecule has 2 atom stereocenters. The number of nitrogens with zero attached hydrogens (tertiary/aromatic N) is 1. The summed E-state index contributed by atoms with van der Waals surface area (Å²) >= 11 is 1.92. The van der Waals surface area contributed by atoms with E-state index in [1.165, 1.54) is 71.1 Å². The van der Waals surface area contributed by atoms with Gasteiger partial charge < -0.3 is 10.2 Å². The van der Waals surface area contributed by atoms with Crippen molar-refractivity contribution in [2.24, 2.45) is 11.8 Å². The number of likely N-dealkylation sites (tertiary alicyclic amines) is 1. The molecule has 124 valence electrons. The van der Waals surface area contributed by atoms with Crippen LogP contribution in [0.4, 0.5) is 0 Å². The summed E-state index contributed by atoms with van der Waals surface area (Å²) in [5.41, 5.74) is 0. The molecule has 0 bridgehead atoms. The lowest BCUT2D eigenvalue weighted by Crippen LogP contribution is -2.50. The summed E-state index contributed by atoms with van der Waals surface area (Å²) in [4.78, 5) is 4.22. The zero-order valence-electron chi connectivity index (χ0n) is 14.1. The van der Waals surface area contributed by atoms with Gasteiger partial charge in [-0.1, -0.05) is 32.3 Å². The van der Waals surface area contributed by atoms with Gasteiger partial charge in [0.1, 0.15) is 0 Å². The van der Waals surface area contributed by atoms with Gasteiger partial charge in [-0.25, -0.2) is 0 Å². The van der Waals surface area contributed by atoms with Crippen LogP contribution in [0.25, 0.3) is 0 Å². The first kappa shape index (κ1) is 16.5. The van der Waals surface area contributed by atoms with E-state index >= 15 is 0 Å². The van der Waals surface area contributed by atoms with Gasteiger partial charge in [-0.15, -0.1) is 11.3 Å². The molecule has 1 aromatic rings. The van der Waals surface area contributed by atoms with Crippen molar-refractivity contribution in [2.75, 3.05) is 26.2 Å². The van der Waals surface area contributed by atoms with Crippen LogP contribution >= 0.6 is 11.3 Å². The topological polar surface area (TPSA) is 15.3 Å². The number of nitrogens with one attached hydrogen (secondary N) is 1. The van der Waals surface area contributed by atoms with E-state index in [-0.39, 0.29) is 0 Å². The summed E-state index contributed by atoms with van der Waals surface area (Å²) < 4.78 is 0. The fourth-order valence-electron chi connectivity index (χ4n) is 4.29. The van der Waals surface area contributed by atoms with E-state index < -0.39 is 0 Å². The first-order valence-electron chi connectivity index (χ1n) is 9.31. The van der Waals surface area contributed by atoms with Crippen LogP contribution in [0.5, 0.6) is 0 Å². The molecular weight excluding hydrogens is 288 g/mol. The normalized spacial score (nSPS) is 28.0. The van der Waals surface area contributed by atoms with Gasteiger partial charge in [0.05, 0.1) is 0 Å². The fourth-order valence-corrected chi connectivity index (χ4v) is 5.12. The molecular formula is C19H32N2S. The van der Waals surface area contributed by atoms with Crippen LogP contribution in [0.2, 0.25) is 0 Å². The molecule has 2 fully saturated rings. The standard InChI is InChI=1S/C19H32N2S/c1-2-21-14-17(12-19-9-6-10-22-19)11-18(15-21)20-13-16-7-4-3-5-8-16/h6,9-10,16-18,20H,2-5,7-8,11-15H2,1H3. The highest BCUT2D eigenvalue weighted by Gasteiger charge is 2.27. The molecule has 1 aliphatic carbocycles. The van der Waals surface area contributed by atoms with Crippen molar-refractivity contribution in [2.45, 2.75) is 57.9 Å².